The number of furan rings is 1. The molecule has 1 heterocycles. The number of methoxy groups -OCH3 is 2. The highest BCUT2D eigenvalue weighted by atomic mass is 32.2. The molecule has 3 rings (SSSR count). The topological polar surface area (TPSA) is 89.8 Å². The van der Waals surface area contributed by atoms with Gasteiger partial charge < -0.3 is 24.5 Å². The van der Waals surface area contributed by atoms with Gasteiger partial charge in [-0.1, -0.05) is 0 Å². The molecule has 0 bridgehead atoms. The van der Waals surface area contributed by atoms with Crippen LogP contribution in [0, 0.1) is 0 Å². The molecule has 0 aliphatic carbocycles. The highest BCUT2D eigenvalue weighted by molar-refractivity contribution is 8.00. The van der Waals surface area contributed by atoms with Crippen LogP contribution in [0.4, 0.5) is 11.4 Å². The summed E-state index contributed by atoms with van der Waals surface area (Å²) in [6.07, 6.45) is 1.45. The smallest absolute Gasteiger partial charge is 0.291 e. The van der Waals surface area contributed by atoms with Crippen LogP contribution in [0.25, 0.3) is 0 Å². The number of hydrogen-bond donors (Lipinski definition) is 2. The van der Waals surface area contributed by atoms with E-state index in [0.717, 1.165) is 4.90 Å². The fraction of sp³-hybridized carbons (Fsp3) is 0.143. The van der Waals surface area contributed by atoms with Crippen molar-refractivity contribution >= 4 is 35.0 Å². The van der Waals surface area contributed by atoms with Crippen molar-refractivity contribution in [2.45, 2.75) is 4.90 Å². The van der Waals surface area contributed by atoms with Crippen LogP contribution in [0.3, 0.4) is 0 Å². The molecule has 3 aromatic rings. The first-order valence-corrected chi connectivity index (χ1v) is 9.66. The third-order valence-electron chi connectivity index (χ3n) is 3.86. The van der Waals surface area contributed by atoms with Gasteiger partial charge in [-0.25, -0.2) is 0 Å². The summed E-state index contributed by atoms with van der Waals surface area (Å²) in [5, 5.41) is 5.57. The molecule has 29 heavy (non-hydrogen) atoms. The molecule has 1 aromatic heterocycles. The molecule has 0 aliphatic rings. The van der Waals surface area contributed by atoms with E-state index < -0.39 is 0 Å². The summed E-state index contributed by atoms with van der Waals surface area (Å²) in [6.45, 7) is 0. The molecule has 7 nitrogen and oxygen atoms in total. The first-order valence-electron chi connectivity index (χ1n) is 8.68. The maximum Gasteiger partial charge on any atom is 0.291 e. The van der Waals surface area contributed by atoms with Gasteiger partial charge in [0.05, 0.1) is 26.2 Å². The average molecular weight is 412 g/mol. The van der Waals surface area contributed by atoms with Gasteiger partial charge in [-0.2, -0.15) is 0 Å². The van der Waals surface area contributed by atoms with Crippen molar-refractivity contribution in [1.29, 1.82) is 0 Å². The largest absolute Gasteiger partial charge is 0.497 e. The molecule has 0 radical (unpaired) electrons. The Morgan fingerprint density at radius 2 is 1.62 bits per heavy atom. The predicted molar refractivity (Wildman–Crippen MR) is 112 cm³/mol. The predicted octanol–water partition coefficient (Wildman–Crippen LogP) is 4.28. The molecule has 2 N–H and O–H groups in total. The first-order chi connectivity index (χ1) is 14.1. The molecule has 8 heteroatoms. The zero-order chi connectivity index (χ0) is 20.6. The van der Waals surface area contributed by atoms with E-state index in [2.05, 4.69) is 10.6 Å². The van der Waals surface area contributed by atoms with Gasteiger partial charge in [0.2, 0.25) is 5.91 Å². The molecular weight excluding hydrogens is 392 g/mol. The average Bonchev–Trinajstić information content (AvgIpc) is 3.28. The summed E-state index contributed by atoms with van der Waals surface area (Å²) in [5.74, 6) is 1.20. The number of thioether (sulfide) groups is 1. The fourth-order valence-electron chi connectivity index (χ4n) is 2.46. The van der Waals surface area contributed by atoms with Crippen LogP contribution in [-0.2, 0) is 4.79 Å². The molecule has 150 valence electrons. The third kappa shape index (κ3) is 5.79. The number of hydrogen-bond acceptors (Lipinski definition) is 6. The van der Waals surface area contributed by atoms with Crippen LogP contribution in [0.5, 0.6) is 11.5 Å². The van der Waals surface area contributed by atoms with Gasteiger partial charge in [-0.3, -0.25) is 9.59 Å². The molecule has 2 aromatic carbocycles. The van der Waals surface area contributed by atoms with E-state index in [9.17, 15) is 9.59 Å². The van der Waals surface area contributed by atoms with Crippen molar-refractivity contribution in [1.82, 2.24) is 0 Å². The van der Waals surface area contributed by atoms with Gasteiger partial charge in [0.15, 0.2) is 5.76 Å². The lowest BCUT2D eigenvalue weighted by molar-refractivity contribution is -0.113. The number of benzene rings is 2. The van der Waals surface area contributed by atoms with Gasteiger partial charge in [-0.05, 0) is 36.4 Å². The Morgan fingerprint density at radius 1 is 0.931 bits per heavy atom. The van der Waals surface area contributed by atoms with Gasteiger partial charge in [0, 0.05) is 34.5 Å². The Labute approximate surface area is 172 Å². The lowest BCUT2D eigenvalue weighted by atomic mass is 10.2. The molecule has 0 saturated heterocycles. The summed E-state index contributed by atoms with van der Waals surface area (Å²) in [5.41, 5.74) is 1.24. The van der Waals surface area contributed by atoms with Gasteiger partial charge in [-0.15, -0.1) is 11.8 Å². The Hall–Kier alpha value is -3.39. The summed E-state index contributed by atoms with van der Waals surface area (Å²) >= 11 is 1.39. The van der Waals surface area contributed by atoms with Gasteiger partial charge in [0.1, 0.15) is 11.5 Å². The minimum atomic E-state index is -0.316. The number of amides is 2. The minimum Gasteiger partial charge on any atom is -0.497 e. The number of rotatable bonds is 8. The zero-order valence-corrected chi connectivity index (χ0v) is 16.7. The van der Waals surface area contributed by atoms with Crippen molar-refractivity contribution < 1.29 is 23.5 Å². The van der Waals surface area contributed by atoms with E-state index in [1.165, 1.54) is 18.0 Å². The first kappa shape index (κ1) is 20.3. The van der Waals surface area contributed by atoms with Crippen LogP contribution in [0.15, 0.2) is 70.2 Å². The number of nitrogens with one attached hydrogen (secondary N) is 2. The fourth-order valence-corrected chi connectivity index (χ4v) is 3.16. The number of carbonyl (C=O) groups excluding carboxylic acids is 2. The van der Waals surface area contributed by atoms with E-state index in [-0.39, 0.29) is 23.3 Å². The van der Waals surface area contributed by atoms with Crippen molar-refractivity contribution in [3.8, 4) is 11.5 Å². The van der Waals surface area contributed by atoms with Crippen molar-refractivity contribution in [2.24, 2.45) is 0 Å². The van der Waals surface area contributed by atoms with Crippen LogP contribution < -0.4 is 20.1 Å². The molecule has 0 atom stereocenters. The highest BCUT2D eigenvalue weighted by Gasteiger charge is 2.10. The van der Waals surface area contributed by atoms with Crippen LogP contribution in [-0.4, -0.2) is 31.8 Å². The van der Waals surface area contributed by atoms with Crippen molar-refractivity contribution in [3.63, 3.8) is 0 Å². The molecule has 0 unspecified atom stereocenters. The third-order valence-corrected chi connectivity index (χ3v) is 4.87. The molecule has 2 amide bonds. The monoisotopic (exact) mass is 412 g/mol. The number of ether oxygens (including phenoxy) is 2. The molecule has 0 spiro atoms. The van der Waals surface area contributed by atoms with E-state index >= 15 is 0 Å². The van der Waals surface area contributed by atoms with Crippen LogP contribution in [0.1, 0.15) is 10.6 Å². The number of carbonyl (C=O) groups is 2. The normalized spacial score (nSPS) is 10.3. The second-order valence-corrected chi connectivity index (χ2v) is 6.94. The summed E-state index contributed by atoms with van der Waals surface area (Å²) in [7, 11) is 3.11. The van der Waals surface area contributed by atoms with Gasteiger partial charge >= 0.3 is 0 Å². The zero-order valence-electron chi connectivity index (χ0n) is 15.9. The van der Waals surface area contributed by atoms with Crippen LogP contribution >= 0.6 is 11.8 Å². The van der Waals surface area contributed by atoms with E-state index in [1.807, 2.05) is 12.1 Å². The second kappa shape index (κ2) is 9.70. The van der Waals surface area contributed by atoms with E-state index in [1.54, 1.807) is 56.7 Å². The SMILES string of the molecule is COc1cc(NC(=O)CSc2ccc(NC(=O)c3ccco3)cc2)cc(OC)c1. The second-order valence-electron chi connectivity index (χ2n) is 5.89. The Balaban J connectivity index is 1.52. The molecular formula is C21H20N2O5S. The summed E-state index contributed by atoms with van der Waals surface area (Å²) in [6, 6.07) is 15.6. The lowest BCUT2D eigenvalue weighted by Gasteiger charge is -2.10. The van der Waals surface area contributed by atoms with Gasteiger partial charge in [0.25, 0.3) is 5.91 Å². The Bertz CT molecular complexity index is 949. The highest BCUT2D eigenvalue weighted by Crippen LogP contribution is 2.26. The summed E-state index contributed by atoms with van der Waals surface area (Å²) < 4.78 is 15.5. The van der Waals surface area contributed by atoms with Crippen LogP contribution in [0.2, 0.25) is 0 Å². The Morgan fingerprint density at radius 3 is 2.21 bits per heavy atom. The molecule has 0 saturated carbocycles. The van der Waals surface area contributed by atoms with E-state index in [0.29, 0.717) is 22.9 Å². The van der Waals surface area contributed by atoms with E-state index in [4.69, 9.17) is 13.9 Å². The number of anilines is 2. The minimum absolute atomic E-state index is 0.152. The Kier molecular flexibility index (Phi) is 6.80. The lowest BCUT2D eigenvalue weighted by Crippen LogP contribution is -2.14. The maximum absolute atomic E-state index is 12.2. The van der Waals surface area contributed by atoms with Crippen molar-refractivity contribution in [2.75, 3.05) is 30.6 Å². The standard InChI is InChI=1S/C21H20N2O5S/c1-26-16-10-15(11-17(12-16)27-2)22-20(24)13-29-18-7-5-14(6-8-18)23-21(25)19-4-3-9-28-19/h3-12H,13H2,1-2H3,(H,22,24)(H,23,25). The molecule has 0 aliphatic heterocycles. The van der Waals surface area contributed by atoms with Crippen molar-refractivity contribution in [3.05, 3.63) is 66.6 Å². The quantitative estimate of drug-likeness (QED) is 0.537. The molecule has 0 fully saturated rings. The summed E-state index contributed by atoms with van der Waals surface area (Å²) in [4.78, 5) is 25.1. The maximum atomic E-state index is 12.2.